The minimum Gasteiger partial charge on any atom is -0.361 e. The van der Waals surface area contributed by atoms with E-state index in [4.69, 9.17) is 0 Å². The summed E-state index contributed by atoms with van der Waals surface area (Å²) in [5.74, 6) is -1.23. The van der Waals surface area contributed by atoms with Gasteiger partial charge in [0.25, 0.3) is 0 Å². The zero-order valence-electron chi connectivity index (χ0n) is 16.3. The van der Waals surface area contributed by atoms with Crippen LogP contribution in [0.2, 0.25) is 0 Å². The number of benzene rings is 2. The summed E-state index contributed by atoms with van der Waals surface area (Å²) in [6.07, 6.45) is 7.31. The van der Waals surface area contributed by atoms with E-state index in [2.05, 4.69) is 22.1 Å². The lowest BCUT2D eigenvalue weighted by atomic mass is 9.87. The van der Waals surface area contributed by atoms with Crippen molar-refractivity contribution in [3.05, 3.63) is 70.9 Å². The number of Topliss-reactive ketones (excluding diaryl/α,β-unsaturated/α-hetero) is 1. The Kier molecular flexibility index (Phi) is 4.70. The number of nitrogens with one attached hydrogen (secondary N) is 1. The van der Waals surface area contributed by atoms with Crippen LogP contribution < -0.4 is 0 Å². The molecule has 0 saturated carbocycles. The topological polar surface area (TPSA) is 36.1 Å². The number of aromatic amines is 1. The molecule has 150 valence electrons. The number of piperidine rings is 1. The van der Waals surface area contributed by atoms with Gasteiger partial charge in [0, 0.05) is 47.7 Å². The minimum atomic E-state index is -0.728. The Hall–Kier alpha value is -2.53. The van der Waals surface area contributed by atoms with Crippen LogP contribution in [0, 0.1) is 11.6 Å². The van der Waals surface area contributed by atoms with Crippen LogP contribution >= 0.6 is 0 Å². The number of carbonyl (C=O) groups excluding carboxylic acids is 1. The van der Waals surface area contributed by atoms with Gasteiger partial charge >= 0.3 is 0 Å². The van der Waals surface area contributed by atoms with Gasteiger partial charge in [-0.15, -0.1) is 0 Å². The maximum atomic E-state index is 13.4. The summed E-state index contributed by atoms with van der Waals surface area (Å²) in [4.78, 5) is 18.6. The summed E-state index contributed by atoms with van der Waals surface area (Å²) in [7, 11) is 0. The van der Waals surface area contributed by atoms with Gasteiger partial charge in [-0.05, 0) is 73.5 Å². The molecular weight excluding hydrogens is 370 g/mol. The van der Waals surface area contributed by atoms with E-state index in [0.29, 0.717) is 5.92 Å². The number of hydrogen-bond donors (Lipinski definition) is 1. The first-order valence-electron chi connectivity index (χ1n) is 10.4. The normalized spacial score (nSPS) is 22.1. The number of nitrogens with zero attached hydrogens (tertiary/aromatic N) is 1. The molecule has 2 saturated heterocycles. The van der Waals surface area contributed by atoms with Gasteiger partial charge < -0.3 is 4.98 Å². The van der Waals surface area contributed by atoms with Crippen LogP contribution in [0.1, 0.15) is 53.1 Å². The van der Waals surface area contributed by atoms with Crippen molar-refractivity contribution in [2.45, 2.75) is 44.1 Å². The maximum Gasteiger partial charge on any atom is 0.167 e. The van der Waals surface area contributed by atoms with E-state index in [9.17, 15) is 13.6 Å². The third kappa shape index (κ3) is 3.60. The van der Waals surface area contributed by atoms with Crippen molar-refractivity contribution >= 4 is 16.7 Å². The van der Waals surface area contributed by atoms with Crippen LogP contribution in [0.3, 0.4) is 0 Å². The van der Waals surface area contributed by atoms with E-state index >= 15 is 0 Å². The molecule has 29 heavy (non-hydrogen) atoms. The van der Waals surface area contributed by atoms with Gasteiger partial charge in [-0.1, -0.05) is 6.07 Å². The van der Waals surface area contributed by atoms with Gasteiger partial charge in [0.05, 0.1) is 0 Å². The van der Waals surface area contributed by atoms with Gasteiger partial charge in [-0.25, -0.2) is 8.78 Å². The van der Waals surface area contributed by atoms with E-state index in [-0.39, 0.29) is 17.8 Å². The van der Waals surface area contributed by atoms with Crippen LogP contribution in [-0.4, -0.2) is 34.8 Å². The number of fused-ring (bicyclic) bond motifs is 2. The van der Waals surface area contributed by atoms with Crippen LogP contribution in [-0.2, 0) is 6.42 Å². The minimum absolute atomic E-state index is 0.0734. The van der Waals surface area contributed by atoms with E-state index in [1.165, 1.54) is 37.8 Å². The Morgan fingerprint density at radius 1 is 1.07 bits per heavy atom. The van der Waals surface area contributed by atoms with Crippen LogP contribution in [0.15, 0.2) is 42.6 Å². The number of halogens is 2. The van der Waals surface area contributed by atoms with E-state index in [1.54, 1.807) is 0 Å². The van der Waals surface area contributed by atoms with Crippen molar-refractivity contribution in [2.24, 2.45) is 0 Å². The first kappa shape index (κ1) is 18.5. The van der Waals surface area contributed by atoms with Gasteiger partial charge in [0.2, 0.25) is 0 Å². The number of hydrogen-bond acceptors (Lipinski definition) is 2. The highest BCUT2D eigenvalue weighted by atomic mass is 19.1. The summed E-state index contributed by atoms with van der Waals surface area (Å²) in [6.45, 7) is 2.30. The van der Waals surface area contributed by atoms with Crippen molar-refractivity contribution in [1.29, 1.82) is 0 Å². The average molecular weight is 394 g/mol. The zero-order valence-corrected chi connectivity index (χ0v) is 16.3. The third-order valence-corrected chi connectivity index (χ3v) is 6.57. The summed E-state index contributed by atoms with van der Waals surface area (Å²) >= 11 is 0. The zero-order chi connectivity index (χ0) is 20.0. The average Bonchev–Trinajstić information content (AvgIpc) is 3.33. The Labute approximate surface area is 168 Å². The van der Waals surface area contributed by atoms with Gasteiger partial charge in [-0.2, -0.15) is 0 Å². The van der Waals surface area contributed by atoms with E-state index < -0.39 is 11.6 Å². The lowest BCUT2D eigenvalue weighted by Gasteiger charge is -2.35. The van der Waals surface area contributed by atoms with Gasteiger partial charge in [0.15, 0.2) is 5.78 Å². The molecule has 1 aromatic heterocycles. The second-order valence-electron chi connectivity index (χ2n) is 8.45. The second kappa shape index (κ2) is 7.38. The molecule has 3 nitrogen and oxygen atoms in total. The molecule has 0 bridgehead atoms. The maximum absolute atomic E-state index is 13.4. The van der Waals surface area contributed by atoms with Crippen LogP contribution in [0.25, 0.3) is 10.9 Å². The molecule has 0 spiro atoms. The molecule has 0 radical (unpaired) electrons. The first-order chi connectivity index (χ1) is 14.1. The lowest BCUT2D eigenvalue weighted by Crippen LogP contribution is -2.37. The predicted octanol–water partition coefficient (Wildman–Crippen LogP) is 5.21. The Morgan fingerprint density at radius 3 is 2.72 bits per heavy atom. The Balaban J connectivity index is 1.40. The summed E-state index contributed by atoms with van der Waals surface area (Å²) in [5, 5.41) is 1.16. The predicted molar refractivity (Wildman–Crippen MR) is 109 cm³/mol. The molecule has 2 fully saturated rings. The number of H-pyrrole nitrogens is 1. The van der Waals surface area contributed by atoms with Crippen LogP contribution in [0.5, 0.6) is 0 Å². The van der Waals surface area contributed by atoms with Crippen molar-refractivity contribution in [3.63, 3.8) is 0 Å². The van der Waals surface area contributed by atoms with Crippen molar-refractivity contribution in [1.82, 2.24) is 9.88 Å². The number of carbonyl (C=O) groups is 1. The molecule has 2 unspecified atom stereocenters. The molecular formula is C24H24F2N2O. The smallest absolute Gasteiger partial charge is 0.167 e. The highest BCUT2D eigenvalue weighted by Crippen LogP contribution is 2.37. The molecule has 0 aliphatic carbocycles. The fourth-order valence-corrected chi connectivity index (χ4v) is 5.12. The molecule has 0 amide bonds. The number of ketones is 1. The fourth-order valence-electron chi connectivity index (χ4n) is 5.12. The lowest BCUT2D eigenvalue weighted by molar-refractivity contribution is 0.0992. The van der Waals surface area contributed by atoms with Crippen molar-refractivity contribution in [3.8, 4) is 0 Å². The Morgan fingerprint density at radius 2 is 1.90 bits per heavy atom. The molecule has 2 atom stereocenters. The molecule has 2 aromatic carbocycles. The summed E-state index contributed by atoms with van der Waals surface area (Å²) in [6, 6.07) is 9.70. The summed E-state index contributed by atoms with van der Waals surface area (Å²) in [5.41, 5.74) is 3.32. The van der Waals surface area contributed by atoms with Crippen molar-refractivity contribution < 1.29 is 13.6 Å². The van der Waals surface area contributed by atoms with Crippen LogP contribution in [0.4, 0.5) is 8.78 Å². The number of aromatic nitrogens is 1. The molecule has 3 aromatic rings. The quantitative estimate of drug-likeness (QED) is 0.617. The monoisotopic (exact) mass is 394 g/mol. The van der Waals surface area contributed by atoms with Crippen molar-refractivity contribution in [2.75, 3.05) is 13.1 Å². The Bertz CT molecular complexity index is 1050. The van der Waals surface area contributed by atoms with E-state index in [0.717, 1.165) is 47.3 Å². The van der Waals surface area contributed by atoms with Gasteiger partial charge in [0.1, 0.15) is 11.6 Å². The largest absolute Gasteiger partial charge is 0.361 e. The second-order valence-corrected chi connectivity index (χ2v) is 8.45. The molecule has 3 heterocycles. The first-order valence-corrected chi connectivity index (χ1v) is 10.4. The SMILES string of the molecule is O=C(Cc1ccc2[nH]cc(C3CCC4CCCN4C3)c2c1)c1cc(F)cc(F)c1. The number of rotatable bonds is 4. The third-order valence-electron chi connectivity index (χ3n) is 6.57. The highest BCUT2D eigenvalue weighted by Gasteiger charge is 2.32. The molecule has 5 rings (SSSR count). The summed E-state index contributed by atoms with van der Waals surface area (Å²) < 4.78 is 26.9. The molecule has 2 aliphatic rings. The molecule has 5 heteroatoms. The molecule has 2 aliphatic heterocycles. The highest BCUT2D eigenvalue weighted by molar-refractivity contribution is 5.98. The molecule has 1 N–H and O–H groups in total. The standard InChI is InChI=1S/C24H24F2N2O/c25-18-10-17(11-19(26)12-18)24(29)9-15-3-6-23-21(8-15)22(13-27-23)16-4-5-20-2-1-7-28(20)14-16/h3,6,8,10-13,16,20,27H,1-2,4-5,7,9,14H2. The van der Waals surface area contributed by atoms with Gasteiger partial charge in [-0.3, -0.25) is 9.69 Å². The fraction of sp³-hybridized carbons (Fsp3) is 0.375. The van der Waals surface area contributed by atoms with E-state index in [1.807, 2.05) is 12.1 Å².